The monoisotopic (exact) mass is 543 g/mol. The van der Waals surface area contributed by atoms with E-state index in [1.54, 1.807) is 25.1 Å². The van der Waals surface area contributed by atoms with Crippen LogP contribution in [0.5, 0.6) is 0 Å². The Hall–Kier alpha value is -3.02. The Morgan fingerprint density at radius 1 is 1.06 bits per heavy atom. The van der Waals surface area contributed by atoms with Crippen LogP contribution in [0.1, 0.15) is 35.2 Å². The highest BCUT2D eigenvalue weighted by Gasteiger charge is 2.33. The highest BCUT2D eigenvalue weighted by molar-refractivity contribution is 7.88. The topological polar surface area (TPSA) is 88.2 Å². The molecule has 0 bridgehead atoms. The molecule has 0 saturated heterocycles. The minimum atomic E-state index is -4.66. The largest absolute Gasteiger partial charge is 0.433 e. The smallest absolute Gasteiger partial charge is 0.351 e. The van der Waals surface area contributed by atoms with E-state index in [0.29, 0.717) is 21.7 Å². The van der Waals surface area contributed by atoms with Crippen LogP contribution in [0, 0.1) is 5.82 Å². The molecule has 36 heavy (non-hydrogen) atoms. The van der Waals surface area contributed by atoms with Gasteiger partial charge in [0.25, 0.3) is 0 Å². The fraction of sp³-hybridized carbons (Fsp3) is 0.250. The van der Waals surface area contributed by atoms with Crippen molar-refractivity contribution in [3.8, 4) is 11.3 Å². The second-order valence-electron chi connectivity index (χ2n) is 8.10. The molecule has 0 fully saturated rings. The van der Waals surface area contributed by atoms with Crippen molar-refractivity contribution in [1.82, 2.24) is 15.0 Å². The molecule has 2 aromatic carbocycles. The van der Waals surface area contributed by atoms with Gasteiger partial charge in [-0.25, -0.2) is 22.5 Å². The molecule has 192 valence electrons. The first kappa shape index (κ1) is 27.6. The number of pyridine rings is 1. The summed E-state index contributed by atoms with van der Waals surface area (Å²) in [7, 11) is -3.51. The number of rotatable bonds is 8. The van der Waals surface area contributed by atoms with Crippen LogP contribution in [-0.2, 0) is 34.1 Å². The molecule has 1 aromatic heterocycles. The Morgan fingerprint density at radius 3 is 2.36 bits per heavy atom. The van der Waals surface area contributed by atoms with Gasteiger partial charge in [-0.1, -0.05) is 41.9 Å². The first-order valence-electron chi connectivity index (χ1n) is 10.6. The van der Waals surface area contributed by atoms with Crippen molar-refractivity contribution in [3.05, 3.63) is 87.8 Å². The number of benzene rings is 2. The number of halogens is 5. The van der Waals surface area contributed by atoms with Crippen molar-refractivity contribution < 1.29 is 30.8 Å². The molecule has 0 aliphatic rings. The Kier molecular flexibility index (Phi) is 8.37. The van der Waals surface area contributed by atoms with Gasteiger partial charge in [0.2, 0.25) is 15.9 Å². The quantitative estimate of drug-likeness (QED) is 0.390. The van der Waals surface area contributed by atoms with Gasteiger partial charge in [0.15, 0.2) is 0 Å². The number of hydrogen-bond donors (Lipinski definition) is 2. The number of amides is 1. The first-order chi connectivity index (χ1) is 16.7. The van der Waals surface area contributed by atoms with Crippen molar-refractivity contribution >= 4 is 27.5 Å². The van der Waals surface area contributed by atoms with Crippen molar-refractivity contribution in [3.63, 3.8) is 0 Å². The zero-order chi connectivity index (χ0) is 26.7. The molecule has 1 atom stereocenters. The summed E-state index contributed by atoms with van der Waals surface area (Å²) in [5.74, 6) is -1.97. The number of aromatic nitrogens is 1. The maximum Gasteiger partial charge on any atom is 0.433 e. The highest BCUT2D eigenvalue weighted by Crippen LogP contribution is 2.32. The second kappa shape index (κ2) is 10.9. The van der Waals surface area contributed by atoms with Gasteiger partial charge < -0.3 is 5.32 Å². The van der Waals surface area contributed by atoms with Gasteiger partial charge in [-0.15, -0.1) is 0 Å². The summed E-state index contributed by atoms with van der Waals surface area (Å²) >= 11 is 6.00. The van der Waals surface area contributed by atoms with Crippen molar-refractivity contribution in [2.45, 2.75) is 32.1 Å². The predicted octanol–water partition coefficient (Wildman–Crippen LogP) is 5.03. The van der Waals surface area contributed by atoms with E-state index in [9.17, 15) is 30.8 Å². The van der Waals surface area contributed by atoms with E-state index in [0.717, 1.165) is 18.4 Å². The summed E-state index contributed by atoms with van der Waals surface area (Å²) in [6.07, 6.45) is -3.70. The summed E-state index contributed by atoms with van der Waals surface area (Å²) in [5, 5.41) is 2.96. The van der Waals surface area contributed by atoms with E-state index in [4.69, 9.17) is 11.6 Å². The van der Waals surface area contributed by atoms with Gasteiger partial charge in [0, 0.05) is 29.2 Å². The van der Waals surface area contributed by atoms with Crippen LogP contribution in [-0.4, -0.2) is 25.6 Å². The molecule has 3 aromatic rings. The number of hydrogen-bond acceptors (Lipinski definition) is 4. The molecule has 0 saturated carbocycles. The summed E-state index contributed by atoms with van der Waals surface area (Å²) < 4.78 is 78.8. The molecule has 0 radical (unpaired) electrons. The first-order valence-corrected chi connectivity index (χ1v) is 12.9. The molecule has 0 unspecified atom stereocenters. The van der Waals surface area contributed by atoms with E-state index >= 15 is 0 Å². The average Bonchev–Trinajstić information content (AvgIpc) is 2.80. The normalized spacial score (nSPS) is 12.9. The van der Waals surface area contributed by atoms with Crippen LogP contribution < -0.4 is 10.0 Å². The minimum absolute atomic E-state index is 0.0223. The summed E-state index contributed by atoms with van der Waals surface area (Å²) in [6, 6.07) is 12.3. The Balaban J connectivity index is 1.78. The lowest BCUT2D eigenvalue weighted by Crippen LogP contribution is -2.28. The number of nitrogens with zero attached hydrogens (tertiary/aromatic N) is 1. The van der Waals surface area contributed by atoms with Crippen LogP contribution in [0.3, 0.4) is 0 Å². The summed E-state index contributed by atoms with van der Waals surface area (Å²) in [4.78, 5) is 16.5. The van der Waals surface area contributed by atoms with E-state index in [2.05, 4.69) is 15.0 Å². The lowest BCUT2D eigenvalue weighted by Gasteiger charge is -2.16. The molecule has 1 amide bonds. The maximum atomic E-state index is 14.4. The summed E-state index contributed by atoms with van der Waals surface area (Å²) in [5.41, 5.74) is 0.0776. The lowest BCUT2D eigenvalue weighted by atomic mass is 9.98. The molecular weight excluding hydrogens is 522 g/mol. The van der Waals surface area contributed by atoms with Crippen LogP contribution in [0.2, 0.25) is 5.02 Å². The molecule has 0 aliphatic heterocycles. The predicted molar refractivity (Wildman–Crippen MR) is 128 cm³/mol. The van der Waals surface area contributed by atoms with E-state index in [1.807, 2.05) is 0 Å². The minimum Gasteiger partial charge on any atom is -0.351 e. The van der Waals surface area contributed by atoms with Gasteiger partial charge in [0.05, 0.1) is 17.9 Å². The number of carbonyl (C=O) groups is 1. The number of carbonyl (C=O) groups excluding carboxylic acids is 1. The zero-order valence-corrected chi connectivity index (χ0v) is 20.7. The van der Waals surface area contributed by atoms with E-state index in [-0.39, 0.29) is 24.3 Å². The van der Waals surface area contributed by atoms with Gasteiger partial charge in [-0.05, 0) is 42.3 Å². The van der Waals surface area contributed by atoms with Gasteiger partial charge >= 0.3 is 6.18 Å². The SMILES string of the molecule is C[C@@H](C(=O)NCc1ccc(C(F)(F)F)nc1-c1cccc(Cl)c1)c1ccc(CNS(C)(=O)=O)c(F)c1. The van der Waals surface area contributed by atoms with Crippen molar-refractivity contribution in [2.24, 2.45) is 0 Å². The highest BCUT2D eigenvalue weighted by atomic mass is 35.5. The summed E-state index contributed by atoms with van der Waals surface area (Å²) in [6.45, 7) is 1.18. The Morgan fingerprint density at radius 2 is 1.75 bits per heavy atom. The maximum absolute atomic E-state index is 14.4. The third-order valence-electron chi connectivity index (χ3n) is 5.32. The molecule has 0 spiro atoms. The molecule has 2 N–H and O–H groups in total. The third-order valence-corrected chi connectivity index (χ3v) is 6.22. The molecular formula is C24H22ClF4N3O3S. The van der Waals surface area contributed by atoms with Crippen molar-refractivity contribution in [1.29, 1.82) is 0 Å². The molecule has 12 heteroatoms. The molecule has 6 nitrogen and oxygen atoms in total. The van der Waals surface area contributed by atoms with Crippen LogP contribution in [0.25, 0.3) is 11.3 Å². The van der Waals surface area contributed by atoms with Crippen LogP contribution in [0.4, 0.5) is 17.6 Å². The van der Waals surface area contributed by atoms with Crippen LogP contribution in [0.15, 0.2) is 54.6 Å². The van der Waals surface area contributed by atoms with Gasteiger partial charge in [-0.3, -0.25) is 4.79 Å². The fourth-order valence-electron chi connectivity index (χ4n) is 3.35. The van der Waals surface area contributed by atoms with E-state index in [1.165, 1.54) is 24.3 Å². The van der Waals surface area contributed by atoms with Crippen molar-refractivity contribution in [2.75, 3.05) is 6.26 Å². The number of alkyl halides is 3. The molecule has 0 aliphatic carbocycles. The van der Waals surface area contributed by atoms with Crippen LogP contribution >= 0.6 is 11.6 Å². The fourth-order valence-corrected chi connectivity index (χ4v) is 3.95. The van der Waals surface area contributed by atoms with Gasteiger partial charge in [0.1, 0.15) is 11.5 Å². The van der Waals surface area contributed by atoms with Gasteiger partial charge in [-0.2, -0.15) is 13.2 Å². The molecule has 1 heterocycles. The van der Waals surface area contributed by atoms with E-state index < -0.39 is 39.5 Å². The number of nitrogens with one attached hydrogen (secondary N) is 2. The second-order valence-corrected chi connectivity index (χ2v) is 10.4. The Labute approximate surface area is 210 Å². The average molecular weight is 544 g/mol. The zero-order valence-electron chi connectivity index (χ0n) is 19.2. The number of sulfonamides is 1. The Bertz CT molecular complexity index is 1380. The standard InChI is InChI=1S/C24H22ClF4N3O3S/c1-14(15-6-7-17(20(26)11-15)13-31-36(2,34)35)23(33)30-12-18-8-9-21(24(27,28)29)32-22(18)16-4-3-5-19(25)10-16/h3-11,14,31H,12-13H2,1-2H3,(H,30,33)/t14-/m1/s1. The molecule has 3 rings (SSSR count). The lowest BCUT2D eigenvalue weighted by molar-refractivity contribution is -0.141. The third kappa shape index (κ3) is 7.25.